The van der Waals surface area contributed by atoms with Crippen LogP contribution >= 0.6 is 0 Å². The molecule has 100 valence electrons. The first-order valence-electron chi connectivity index (χ1n) is 6.00. The molecule has 1 aromatic rings. The third-order valence-corrected chi connectivity index (χ3v) is 2.65. The highest BCUT2D eigenvalue weighted by Gasteiger charge is 2.24. The van der Waals surface area contributed by atoms with Crippen LogP contribution < -0.4 is 4.74 Å². The highest BCUT2D eigenvalue weighted by Crippen LogP contribution is 2.20. The lowest BCUT2D eigenvalue weighted by atomic mass is 9.97. The highest BCUT2D eigenvalue weighted by atomic mass is 19.1. The Morgan fingerprint density at radius 3 is 2.50 bits per heavy atom. The first kappa shape index (κ1) is 14.6. The molecule has 1 rings (SSSR count). The van der Waals surface area contributed by atoms with Crippen LogP contribution in [0.4, 0.5) is 4.39 Å². The zero-order valence-corrected chi connectivity index (χ0v) is 11.2. The van der Waals surface area contributed by atoms with Crippen molar-refractivity contribution in [3.05, 3.63) is 29.6 Å². The topological polar surface area (TPSA) is 35.5 Å². The minimum atomic E-state index is -0.539. The molecule has 1 atom stereocenters. The molecule has 1 unspecified atom stereocenters. The smallest absolute Gasteiger partial charge is 0.191 e. The minimum Gasteiger partial charge on any atom is -0.494 e. The van der Waals surface area contributed by atoms with Crippen molar-refractivity contribution in [1.82, 2.24) is 0 Å². The molecule has 0 radical (unpaired) electrons. The molecule has 0 saturated carbocycles. The molecular formula is C14H19FO3. The SMILES string of the molecule is CCOC(C(=O)c1ccc(OC)c(F)c1)C(C)C. The van der Waals surface area contributed by atoms with Crippen molar-refractivity contribution in [2.45, 2.75) is 26.9 Å². The number of ether oxygens (including phenoxy) is 2. The maximum atomic E-state index is 13.5. The van der Waals surface area contributed by atoms with Gasteiger partial charge in [0, 0.05) is 12.2 Å². The molecule has 1 aromatic carbocycles. The summed E-state index contributed by atoms with van der Waals surface area (Å²) in [4.78, 5) is 12.2. The lowest BCUT2D eigenvalue weighted by Crippen LogP contribution is -2.30. The number of benzene rings is 1. The fourth-order valence-electron chi connectivity index (χ4n) is 1.73. The zero-order chi connectivity index (χ0) is 13.7. The molecular weight excluding hydrogens is 235 g/mol. The van der Waals surface area contributed by atoms with Crippen molar-refractivity contribution >= 4 is 5.78 Å². The number of rotatable bonds is 6. The maximum absolute atomic E-state index is 13.5. The molecule has 0 saturated heterocycles. The lowest BCUT2D eigenvalue weighted by Gasteiger charge is -2.19. The molecule has 0 heterocycles. The summed E-state index contributed by atoms with van der Waals surface area (Å²) < 4.78 is 23.8. The number of halogens is 1. The molecule has 0 amide bonds. The van der Waals surface area contributed by atoms with Crippen LogP contribution in [-0.2, 0) is 4.74 Å². The largest absolute Gasteiger partial charge is 0.494 e. The van der Waals surface area contributed by atoms with E-state index >= 15 is 0 Å². The molecule has 4 heteroatoms. The van der Waals surface area contributed by atoms with Gasteiger partial charge in [-0.15, -0.1) is 0 Å². The number of hydrogen-bond acceptors (Lipinski definition) is 3. The Balaban J connectivity index is 2.98. The van der Waals surface area contributed by atoms with Gasteiger partial charge < -0.3 is 9.47 Å². The van der Waals surface area contributed by atoms with Gasteiger partial charge in [-0.2, -0.15) is 0 Å². The van der Waals surface area contributed by atoms with E-state index in [4.69, 9.17) is 9.47 Å². The van der Waals surface area contributed by atoms with E-state index in [9.17, 15) is 9.18 Å². The summed E-state index contributed by atoms with van der Waals surface area (Å²) in [5, 5.41) is 0. The van der Waals surface area contributed by atoms with Gasteiger partial charge in [-0.3, -0.25) is 4.79 Å². The van der Waals surface area contributed by atoms with E-state index in [0.717, 1.165) is 0 Å². The average molecular weight is 254 g/mol. The highest BCUT2D eigenvalue weighted by molar-refractivity contribution is 5.99. The third-order valence-electron chi connectivity index (χ3n) is 2.65. The van der Waals surface area contributed by atoms with E-state index in [2.05, 4.69) is 0 Å². The predicted octanol–water partition coefficient (Wildman–Crippen LogP) is 3.08. The molecule has 0 spiro atoms. The maximum Gasteiger partial charge on any atom is 0.191 e. The second-order valence-corrected chi connectivity index (χ2v) is 4.33. The van der Waals surface area contributed by atoms with Crippen LogP contribution in [0, 0.1) is 11.7 Å². The lowest BCUT2D eigenvalue weighted by molar-refractivity contribution is 0.0279. The van der Waals surface area contributed by atoms with Gasteiger partial charge in [0.2, 0.25) is 0 Å². The summed E-state index contributed by atoms with van der Waals surface area (Å²) in [5.41, 5.74) is 0.306. The van der Waals surface area contributed by atoms with Gasteiger partial charge in [0.25, 0.3) is 0 Å². The fourth-order valence-corrected chi connectivity index (χ4v) is 1.73. The van der Waals surface area contributed by atoms with Crippen LogP contribution in [0.3, 0.4) is 0 Å². The summed E-state index contributed by atoms with van der Waals surface area (Å²) in [6.07, 6.45) is -0.539. The van der Waals surface area contributed by atoms with E-state index in [0.29, 0.717) is 12.2 Å². The molecule has 0 N–H and O–H groups in total. The summed E-state index contributed by atoms with van der Waals surface area (Å²) >= 11 is 0. The molecule has 0 aliphatic carbocycles. The number of hydrogen-bond donors (Lipinski definition) is 0. The normalized spacial score (nSPS) is 12.6. The van der Waals surface area contributed by atoms with Gasteiger partial charge in [-0.05, 0) is 31.0 Å². The molecule has 0 aliphatic heterocycles. The standard InChI is InChI=1S/C14H19FO3/c1-5-18-14(9(2)3)13(16)10-6-7-12(17-4)11(15)8-10/h6-9,14H,5H2,1-4H3. The van der Waals surface area contributed by atoms with Crippen LogP contribution in [0.15, 0.2) is 18.2 Å². The van der Waals surface area contributed by atoms with Crippen LogP contribution in [0.5, 0.6) is 5.75 Å². The Labute approximate surface area is 107 Å². The Morgan fingerprint density at radius 2 is 2.06 bits per heavy atom. The van der Waals surface area contributed by atoms with Gasteiger partial charge in [0.1, 0.15) is 6.10 Å². The number of ketones is 1. The van der Waals surface area contributed by atoms with Crippen molar-refractivity contribution in [3.8, 4) is 5.75 Å². The number of methoxy groups -OCH3 is 1. The molecule has 3 nitrogen and oxygen atoms in total. The monoisotopic (exact) mass is 254 g/mol. The Morgan fingerprint density at radius 1 is 1.39 bits per heavy atom. The van der Waals surface area contributed by atoms with Crippen molar-refractivity contribution in [1.29, 1.82) is 0 Å². The van der Waals surface area contributed by atoms with Crippen LogP contribution in [0.2, 0.25) is 0 Å². The Kier molecular flexibility index (Phi) is 5.28. The van der Waals surface area contributed by atoms with Crippen molar-refractivity contribution in [2.24, 2.45) is 5.92 Å². The molecule has 0 aromatic heterocycles. The Bertz CT molecular complexity index is 416. The fraction of sp³-hybridized carbons (Fsp3) is 0.500. The van der Waals surface area contributed by atoms with Gasteiger partial charge in [0.05, 0.1) is 7.11 Å². The van der Waals surface area contributed by atoms with Crippen LogP contribution in [0.25, 0.3) is 0 Å². The second kappa shape index (κ2) is 6.50. The predicted molar refractivity (Wildman–Crippen MR) is 67.5 cm³/mol. The van der Waals surface area contributed by atoms with Gasteiger partial charge >= 0.3 is 0 Å². The second-order valence-electron chi connectivity index (χ2n) is 4.33. The molecule has 0 bridgehead atoms. The summed E-state index contributed by atoms with van der Waals surface area (Å²) in [6, 6.07) is 4.19. The van der Waals surface area contributed by atoms with E-state index in [1.807, 2.05) is 20.8 Å². The van der Waals surface area contributed by atoms with E-state index in [1.54, 1.807) is 6.07 Å². The first-order chi connectivity index (χ1) is 8.51. The average Bonchev–Trinajstić information content (AvgIpc) is 2.34. The van der Waals surface area contributed by atoms with Crippen molar-refractivity contribution < 1.29 is 18.7 Å². The van der Waals surface area contributed by atoms with E-state index < -0.39 is 11.9 Å². The quantitative estimate of drug-likeness (QED) is 0.732. The van der Waals surface area contributed by atoms with Crippen molar-refractivity contribution in [3.63, 3.8) is 0 Å². The van der Waals surface area contributed by atoms with Crippen LogP contribution in [0.1, 0.15) is 31.1 Å². The Hall–Kier alpha value is -1.42. The summed E-state index contributed by atoms with van der Waals surface area (Å²) in [6.45, 7) is 6.08. The first-order valence-corrected chi connectivity index (χ1v) is 6.00. The number of carbonyl (C=O) groups excluding carboxylic acids is 1. The van der Waals surface area contributed by atoms with Gasteiger partial charge in [-0.25, -0.2) is 4.39 Å². The van der Waals surface area contributed by atoms with Crippen molar-refractivity contribution in [2.75, 3.05) is 13.7 Å². The van der Waals surface area contributed by atoms with E-state index in [1.165, 1.54) is 19.2 Å². The number of Topliss-reactive ketones (excluding diaryl/α,β-unsaturated/α-hetero) is 1. The summed E-state index contributed by atoms with van der Waals surface area (Å²) in [7, 11) is 1.39. The molecule has 18 heavy (non-hydrogen) atoms. The van der Waals surface area contributed by atoms with Crippen LogP contribution in [-0.4, -0.2) is 25.6 Å². The van der Waals surface area contributed by atoms with Gasteiger partial charge in [0.15, 0.2) is 17.3 Å². The number of carbonyl (C=O) groups is 1. The zero-order valence-electron chi connectivity index (χ0n) is 11.2. The van der Waals surface area contributed by atoms with E-state index in [-0.39, 0.29) is 17.5 Å². The summed E-state index contributed by atoms with van der Waals surface area (Å²) in [5.74, 6) is -0.567. The minimum absolute atomic E-state index is 0.0441. The molecule has 0 aliphatic rings. The molecule has 0 fully saturated rings. The van der Waals surface area contributed by atoms with Gasteiger partial charge in [-0.1, -0.05) is 13.8 Å². The third kappa shape index (κ3) is 3.29.